The van der Waals surface area contributed by atoms with Crippen molar-refractivity contribution >= 4 is 55.3 Å². The smallest absolute Gasteiger partial charge is 0.326 e. The summed E-state index contributed by atoms with van der Waals surface area (Å²) in [6.45, 7) is 0. The minimum absolute atomic E-state index is 0.295. The van der Waals surface area contributed by atoms with E-state index in [4.69, 9.17) is 4.99 Å². The molecule has 2 N–H and O–H groups in total. The van der Waals surface area contributed by atoms with Gasteiger partial charge in [0.15, 0.2) is 10.7 Å². The van der Waals surface area contributed by atoms with Gasteiger partial charge in [-0.25, -0.2) is 9.79 Å². The molecule has 0 aliphatic carbocycles. The van der Waals surface area contributed by atoms with Crippen LogP contribution in [0.15, 0.2) is 126 Å². The number of carbonyl (C=O) groups excluding carboxylic acids is 2. The molecule has 0 spiro atoms. The summed E-state index contributed by atoms with van der Waals surface area (Å²) < 4.78 is 0. The van der Waals surface area contributed by atoms with Crippen LogP contribution in [0.1, 0.15) is 0 Å². The van der Waals surface area contributed by atoms with E-state index >= 15 is 0 Å². The summed E-state index contributed by atoms with van der Waals surface area (Å²) in [4.78, 5) is 34.4. The van der Waals surface area contributed by atoms with Crippen molar-refractivity contribution in [2.75, 3.05) is 7.05 Å². The van der Waals surface area contributed by atoms with Crippen LogP contribution in [-0.2, 0) is 4.79 Å². The Morgan fingerprint density at radius 2 is 1.03 bits per heavy atom. The lowest BCUT2D eigenvalue weighted by Gasteiger charge is -2.54. The molecule has 0 bridgehead atoms. The van der Waals surface area contributed by atoms with E-state index in [9.17, 15) is 9.59 Å². The number of hydrogen-bond acceptors (Lipinski definition) is 4. The van der Waals surface area contributed by atoms with Crippen molar-refractivity contribution in [1.82, 2.24) is 15.5 Å². The topological polar surface area (TPSA) is 73.8 Å². The lowest BCUT2D eigenvalue weighted by Crippen LogP contribution is -2.78. The van der Waals surface area contributed by atoms with Crippen LogP contribution in [0.2, 0.25) is 0 Å². The first-order valence-corrected chi connectivity index (χ1v) is 15.0. The number of nitrogens with one attached hydrogen (secondary N) is 2. The number of benzene rings is 4. The Labute approximate surface area is 224 Å². The lowest BCUT2D eigenvalue weighted by atomic mass is 10.1. The molecule has 0 saturated carbocycles. The molecule has 6 nitrogen and oxygen atoms in total. The molecule has 2 atom stereocenters. The summed E-state index contributed by atoms with van der Waals surface area (Å²) in [5.74, 6) is -0.295. The fourth-order valence-electron chi connectivity index (χ4n) is 5.27. The zero-order chi connectivity index (χ0) is 26.2. The predicted molar refractivity (Wildman–Crippen MR) is 157 cm³/mol. The van der Waals surface area contributed by atoms with Crippen molar-refractivity contribution in [3.63, 3.8) is 0 Å². The van der Waals surface area contributed by atoms with Crippen molar-refractivity contribution in [3.05, 3.63) is 121 Å². The largest absolute Gasteiger partial charge is 0.355 e. The number of nitrogens with zero attached hydrogens (tertiary/aromatic N) is 2. The fraction of sp³-hybridized carbons (Fsp3) is 0.100. The number of likely N-dealkylation sites (N-methyl/N-ethyl adjacent to an activating group) is 1. The first kappa shape index (κ1) is 24.5. The van der Waals surface area contributed by atoms with Crippen LogP contribution < -0.4 is 31.9 Å². The first-order valence-electron chi connectivity index (χ1n) is 12.3. The van der Waals surface area contributed by atoms with E-state index in [0.29, 0.717) is 0 Å². The number of imide groups is 1. The molecule has 0 aromatic heterocycles. The van der Waals surface area contributed by atoms with Crippen LogP contribution in [0.3, 0.4) is 0 Å². The highest BCUT2D eigenvalue weighted by Crippen LogP contribution is 2.65. The molecule has 188 valence electrons. The lowest BCUT2D eigenvalue weighted by molar-refractivity contribution is -0.133. The summed E-state index contributed by atoms with van der Waals surface area (Å²) in [5, 5.41) is 8.29. The molecule has 1 fully saturated rings. The molecule has 6 rings (SSSR count). The second-order valence-electron chi connectivity index (χ2n) is 9.09. The fourth-order valence-corrected chi connectivity index (χ4v) is 11.7. The van der Waals surface area contributed by atoms with E-state index in [1.54, 1.807) is 13.4 Å². The molecule has 0 radical (unpaired) electrons. The van der Waals surface area contributed by atoms with Crippen molar-refractivity contribution in [2.24, 2.45) is 4.99 Å². The van der Waals surface area contributed by atoms with Gasteiger partial charge in [-0.2, -0.15) is 0 Å². The number of carbonyl (C=O) groups is 2. The first-order chi connectivity index (χ1) is 18.6. The molecule has 2 unspecified atom stereocenters. The molecule has 2 aliphatic heterocycles. The maximum Gasteiger partial charge on any atom is 0.326 e. The van der Waals surface area contributed by atoms with Gasteiger partial charge < -0.3 is 10.6 Å². The highest BCUT2D eigenvalue weighted by Gasteiger charge is 2.72. The van der Waals surface area contributed by atoms with Crippen LogP contribution >= 0.6 is 15.8 Å². The van der Waals surface area contributed by atoms with Crippen molar-refractivity contribution in [2.45, 2.75) is 10.7 Å². The SMILES string of the molecule is CN1C(=O)NC2(P(c3ccccc3)c3ccccc3)N=CNC2(P(c2ccccc2)c2ccccc2)C1=O. The molecule has 2 heterocycles. The molecule has 4 aromatic rings. The van der Waals surface area contributed by atoms with Gasteiger partial charge in [-0.15, -0.1) is 0 Å². The number of urea groups is 1. The van der Waals surface area contributed by atoms with Crippen molar-refractivity contribution < 1.29 is 9.59 Å². The van der Waals surface area contributed by atoms with Crippen LogP contribution in [0, 0.1) is 0 Å². The van der Waals surface area contributed by atoms with Gasteiger partial charge in [0.1, 0.15) is 0 Å². The molecule has 8 heteroatoms. The zero-order valence-corrected chi connectivity index (χ0v) is 22.5. The van der Waals surface area contributed by atoms with E-state index in [1.165, 1.54) is 4.90 Å². The van der Waals surface area contributed by atoms with Gasteiger partial charge in [-0.1, -0.05) is 121 Å². The Hall–Kier alpha value is -3.85. The van der Waals surface area contributed by atoms with Gasteiger partial charge in [0.05, 0.1) is 6.34 Å². The van der Waals surface area contributed by atoms with Crippen molar-refractivity contribution in [3.8, 4) is 0 Å². The monoisotopic (exact) mass is 536 g/mol. The molecule has 2 aliphatic rings. The minimum Gasteiger partial charge on any atom is -0.355 e. The number of amides is 3. The van der Waals surface area contributed by atoms with Gasteiger partial charge in [-0.05, 0) is 29.1 Å². The Kier molecular flexibility index (Phi) is 6.31. The van der Waals surface area contributed by atoms with Crippen LogP contribution in [0.4, 0.5) is 4.79 Å². The second kappa shape index (κ2) is 9.79. The summed E-state index contributed by atoms with van der Waals surface area (Å²) in [5.41, 5.74) is 0. The van der Waals surface area contributed by atoms with E-state index in [2.05, 4.69) is 59.2 Å². The molecule has 4 aromatic carbocycles. The van der Waals surface area contributed by atoms with Gasteiger partial charge in [-0.3, -0.25) is 9.69 Å². The van der Waals surface area contributed by atoms with E-state index in [1.807, 2.05) is 72.8 Å². The Morgan fingerprint density at radius 3 is 1.45 bits per heavy atom. The third-order valence-corrected chi connectivity index (χ3v) is 12.9. The quantitative estimate of drug-likeness (QED) is 0.371. The summed E-state index contributed by atoms with van der Waals surface area (Å²) >= 11 is 0. The summed E-state index contributed by atoms with van der Waals surface area (Å²) in [6.07, 6.45) is 1.62. The van der Waals surface area contributed by atoms with Crippen LogP contribution in [0.5, 0.6) is 0 Å². The highest BCUT2D eigenvalue weighted by molar-refractivity contribution is 7.79. The average molecular weight is 537 g/mol. The Balaban J connectivity index is 1.69. The molecule has 38 heavy (non-hydrogen) atoms. The predicted octanol–water partition coefficient (Wildman–Crippen LogP) is 3.42. The maximum atomic E-state index is 14.6. The molecular formula is C30H26N4O2P2. The number of rotatable bonds is 6. The van der Waals surface area contributed by atoms with Crippen LogP contribution in [0.25, 0.3) is 0 Å². The van der Waals surface area contributed by atoms with E-state index in [-0.39, 0.29) is 5.91 Å². The number of hydrogen-bond donors (Lipinski definition) is 2. The highest BCUT2D eigenvalue weighted by atomic mass is 31.1. The number of fused-ring (bicyclic) bond motifs is 1. The van der Waals surface area contributed by atoms with E-state index in [0.717, 1.165) is 21.2 Å². The maximum absolute atomic E-state index is 14.6. The van der Waals surface area contributed by atoms with Crippen molar-refractivity contribution in [1.29, 1.82) is 0 Å². The van der Waals surface area contributed by atoms with Gasteiger partial charge in [0.2, 0.25) is 0 Å². The minimum atomic E-state index is -1.40. The normalized spacial score (nSPS) is 22.3. The second-order valence-corrected chi connectivity index (χ2v) is 13.8. The summed E-state index contributed by atoms with van der Waals surface area (Å²) in [6, 6.07) is 39.9. The van der Waals surface area contributed by atoms with E-state index < -0.39 is 32.6 Å². The molecular weight excluding hydrogens is 510 g/mol. The van der Waals surface area contributed by atoms with Gasteiger partial charge >= 0.3 is 6.03 Å². The standard InChI is InChI=1S/C30H26N4O2P2/c1-34-27(35)29(37(23-14-6-2-7-15-23)24-16-8-3-9-17-24)30(32-22-31-29,33-28(34)36)38(25-18-10-4-11-19-25)26-20-12-5-13-21-26/h2-22H,1H3,(H,31,32)(H,33,36). The number of aliphatic imine (C=N–C) groups is 1. The van der Waals surface area contributed by atoms with Gasteiger partial charge in [0.25, 0.3) is 5.91 Å². The molecule has 3 amide bonds. The Bertz CT molecular complexity index is 1410. The molecule has 1 saturated heterocycles. The third kappa shape index (κ3) is 3.67. The summed E-state index contributed by atoms with van der Waals surface area (Å²) in [7, 11) is -1.25. The van der Waals surface area contributed by atoms with Crippen LogP contribution in [-0.4, -0.2) is 40.9 Å². The Morgan fingerprint density at radius 1 is 0.632 bits per heavy atom. The van der Waals surface area contributed by atoms with Gasteiger partial charge in [0, 0.05) is 15.0 Å². The zero-order valence-electron chi connectivity index (χ0n) is 20.7. The third-order valence-electron chi connectivity index (χ3n) is 6.95. The average Bonchev–Trinajstić information content (AvgIpc) is 3.34.